The lowest BCUT2D eigenvalue weighted by Gasteiger charge is -2.11. The molecule has 0 bridgehead atoms. The topological polar surface area (TPSA) is 52.4 Å². The predicted octanol–water partition coefficient (Wildman–Crippen LogP) is 5.03. The van der Waals surface area contributed by atoms with E-state index in [1.807, 2.05) is 0 Å². The number of benzene rings is 2. The maximum atomic E-state index is 13.8. The van der Waals surface area contributed by atoms with Gasteiger partial charge >= 0.3 is 0 Å². The molecule has 0 saturated carbocycles. The molecule has 0 unspecified atom stereocenters. The van der Waals surface area contributed by atoms with Gasteiger partial charge in [0.1, 0.15) is 5.75 Å². The van der Waals surface area contributed by atoms with E-state index in [0.29, 0.717) is 10.0 Å². The number of ether oxygens (including phenoxy) is 1. The fourth-order valence-corrected chi connectivity index (χ4v) is 2.10. The number of nitro groups is 1. The number of alkyl halides is 1. The fourth-order valence-electron chi connectivity index (χ4n) is 1.57. The number of rotatable bonds is 4. The monoisotopic (exact) mass is 359 g/mol. The summed E-state index contributed by atoms with van der Waals surface area (Å²) < 4.78 is 19.7. The highest BCUT2D eigenvalue weighted by atomic mass is 79.9. The summed E-state index contributed by atoms with van der Waals surface area (Å²) in [5, 5.41) is 10.7. The van der Waals surface area contributed by atoms with Crippen LogP contribution in [0.5, 0.6) is 11.5 Å². The molecule has 0 aliphatic rings. The van der Waals surface area contributed by atoms with Crippen LogP contribution in [-0.4, -0.2) is 4.92 Å². The van der Waals surface area contributed by atoms with Gasteiger partial charge < -0.3 is 4.74 Å². The van der Waals surface area contributed by atoms with Crippen molar-refractivity contribution in [2.24, 2.45) is 0 Å². The van der Waals surface area contributed by atoms with Crippen molar-refractivity contribution in [3.05, 3.63) is 62.4 Å². The predicted molar refractivity (Wildman–Crippen MR) is 76.8 cm³/mol. The first kappa shape index (κ1) is 14.7. The van der Waals surface area contributed by atoms with Gasteiger partial charge in [-0.25, -0.2) is 4.39 Å². The van der Waals surface area contributed by atoms with Crippen molar-refractivity contribution < 1.29 is 14.1 Å². The average Bonchev–Trinajstić information content (AvgIpc) is 2.42. The number of hydrogen-bond donors (Lipinski definition) is 0. The Balaban J connectivity index is 2.44. The highest BCUT2D eigenvalue weighted by molar-refractivity contribution is 9.10. The van der Waals surface area contributed by atoms with E-state index in [-0.39, 0.29) is 23.1 Å². The lowest BCUT2D eigenvalue weighted by atomic mass is 10.2. The van der Waals surface area contributed by atoms with Gasteiger partial charge in [-0.05, 0) is 28.1 Å². The van der Waals surface area contributed by atoms with Gasteiger partial charge in [0, 0.05) is 11.6 Å². The SMILES string of the molecule is O=[N+]([O-])c1ccc(Br)c(Oc2c(F)cccc2CCl)c1. The van der Waals surface area contributed by atoms with E-state index in [4.69, 9.17) is 16.3 Å². The van der Waals surface area contributed by atoms with E-state index in [9.17, 15) is 14.5 Å². The normalized spacial score (nSPS) is 10.3. The van der Waals surface area contributed by atoms with Crippen LogP contribution in [0.15, 0.2) is 40.9 Å². The second kappa shape index (κ2) is 6.19. The van der Waals surface area contributed by atoms with Gasteiger partial charge in [-0.3, -0.25) is 10.1 Å². The van der Waals surface area contributed by atoms with Gasteiger partial charge in [0.2, 0.25) is 0 Å². The molecule has 0 amide bonds. The zero-order chi connectivity index (χ0) is 14.7. The summed E-state index contributed by atoms with van der Waals surface area (Å²) in [5.74, 6) is -0.402. The molecule has 2 rings (SSSR count). The highest BCUT2D eigenvalue weighted by Crippen LogP contribution is 2.36. The average molecular weight is 361 g/mol. The Bertz CT molecular complexity index is 666. The zero-order valence-corrected chi connectivity index (χ0v) is 12.3. The largest absolute Gasteiger partial charge is 0.452 e. The van der Waals surface area contributed by atoms with Gasteiger partial charge in [-0.1, -0.05) is 12.1 Å². The maximum absolute atomic E-state index is 13.8. The Labute approximate surface area is 127 Å². The van der Waals surface area contributed by atoms with Crippen LogP contribution in [0.1, 0.15) is 5.56 Å². The number of non-ortho nitro benzene ring substituents is 1. The van der Waals surface area contributed by atoms with Crippen molar-refractivity contribution in [1.82, 2.24) is 0 Å². The highest BCUT2D eigenvalue weighted by Gasteiger charge is 2.15. The van der Waals surface area contributed by atoms with E-state index in [0.717, 1.165) is 0 Å². The minimum atomic E-state index is -0.582. The first-order chi connectivity index (χ1) is 9.52. The lowest BCUT2D eigenvalue weighted by molar-refractivity contribution is -0.384. The van der Waals surface area contributed by atoms with Gasteiger partial charge in [-0.15, -0.1) is 11.6 Å². The number of nitrogens with zero attached hydrogens (tertiary/aromatic N) is 1. The van der Waals surface area contributed by atoms with Crippen molar-refractivity contribution in [3.8, 4) is 11.5 Å². The number of hydrogen-bond acceptors (Lipinski definition) is 3. The van der Waals surface area contributed by atoms with E-state index >= 15 is 0 Å². The van der Waals surface area contributed by atoms with Crippen molar-refractivity contribution in [2.75, 3.05) is 0 Å². The van der Waals surface area contributed by atoms with E-state index < -0.39 is 10.7 Å². The molecule has 0 spiro atoms. The lowest BCUT2D eigenvalue weighted by Crippen LogP contribution is -1.95. The van der Waals surface area contributed by atoms with Crippen LogP contribution in [0.3, 0.4) is 0 Å². The summed E-state index contributed by atoms with van der Waals surface area (Å²) in [4.78, 5) is 10.2. The third kappa shape index (κ3) is 3.08. The van der Waals surface area contributed by atoms with Crippen LogP contribution in [0.2, 0.25) is 0 Å². The van der Waals surface area contributed by atoms with Gasteiger partial charge in [0.05, 0.1) is 21.3 Å². The summed E-state index contributed by atoms with van der Waals surface area (Å²) in [6, 6.07) is 8.37. The molecule has 7 heteroatoms. The Morgan fingerprint density at radius 3 is 2.75 bits per heavy atom. The molecule has 4 nitrogen and oxygen atoms in total. The first-order valence-corrected chi connectivity index (χ1v) is 6.81. The minimum Gasteiger partial charge on any atom is -0.452 e. The number of para-hydroxylation sites is 1. The number of halogens is 3. The molecular weight excluding hydrogens is 353 g/mol. The third-order valence-corrected chi connectivity index (χ3v) is 3.47. The quantitative estimate of drug-likeness (QED) is 0.436. The van der Waals surface area contributed by atoms with Gasteiger partial charge in [0.15, 0.2) is 11.6 Å². The molecule has 0 radical (unpaired) electrons. The molecule has 0 atom stereocenters. The molecule has 0 saturated heterocycles. The standard InChI is InChI=1S/C13H8BrClFNO3/c14-10-5-4-9(17(18)19)6-12(10)20-13-8(7-15)2-1-3-11(13)16/h1-6H,7H2. The molecule has 0 aliphatic heterocycles. The van der Waals surface area contributed by atoms with Crippen LogP contribution in [-0.2, 0) is 5.88 Å². The Morgan fingerprint density at radius 1 is 1.35 bits per heavy atom. The minimum absolute atomic E-state index is 0.0382. The molecule has 2 aromatic carbocycles. The van der Waals surface area contributed by atoms with Crippen molar-refractivity contribution in [1.29, 1.82) is 0 Å². The summed E-state index contributed by atoms with van der Waals surface area (Å²) in [5.41, 5.74) is 0.317. The molecule has 104 valence electrons. The Morgan fingerprint density at radius 2 is 2.10 bits per heavy atom. The van der Waals surface area contributed by atoms with Crippen LogP contribution < -0.4 is 4.74 Å². The van der Waals surface area contributed by atoms with E-state index in [2.05, 4.69) is 15.9 Å². The Kier molecular flexibility index (Phi) is 4.57. The molecule has 0 heterocycles. The van der Waals surface area contributed by atoms with Crippen molar-refractivity contribution >= 4 is 33.2 Å². The van der Waals surface area contributed by atoms with Crippen molar-refractivity contribution in [3.63, 3.8) is 0 Å². The number of nitro benzene ring substituents is 1. The second-order valence-electron chi connectivity index (χ2n) is 3.84. The molecule has 2 aromatic rings. The maximum Gasteiger partial charge on any atom is 0.273 e. The summed E-state index contributed by atoms with van der Waals surface area (Å²) in [6.45, 7) is 0. The van der Waals surface area contributed by atoms with Crippen LogP contribution in [0.25, 0.3) is 0 Å². The smallest absolute Gasteiger partial charge is 0.273 e. The molecule has 0 aliphatic carbocycles. The summed E-state index contributed by atoms with van der Waals surface area (Å²) in [7, 11) is 0. The Hall–Kier alpha value is -1.66. The molecular formula is C13H8BrClFNO3. The van der Waals surface area contributed by atoms with Crippen LogP contribution >= 0.6 is 27.5 Å². The molecule has 0 fully saturated rings. The first-order valence-electron chi connectivity index (χ1n) is 5.48. The summed E-state index contributed by atoms with van der Waals surface area (Å²) >= 11 is 8.93. The van der Waals surface area contributed by atoms with E-state index in [1.54, 1.807) is 6.07 Å². The van der Waals surface area contributed by atoms with Gasteiger partial charge in [0.25, 0.3) is 5.69 Å². The molecule has 0 aromatic heterocycles. The zero-order valence-electron chi connectivity index (χ0n) is 9.98. The van der Waals surface area contributed by atoms with E-state index in [1.165, 1.54) is 30.3 Å². The molecule has 20 heavy (non-hydrogen) atoms. The third-order valence-electron chi connectivity index (χ3n) is 2.53. The van der Waals surface area contributed by atoms with Gasteiger partial charge in [-0.2, -0.15) is 0 Å². The van der Waals surface area contributed by atoms with Crippen LogP contribution in [0.4, 0.5) is 10.1 Å². The second-order valence-corrected chi connectivity index (χ2v) is 4.96. The van der Waals surface area contributed by atoms with Crippen molar-refractivity contribution in [2.45, 2.75) is 5.88 Å². The van der Waals surface area contributed by atoms with Crippen LogP contribution in [0, 0.1) is 15.9 Å². The fraction of sp³-hybridized carbons (Fsp3) is 0.0769. The summed E-state index contributed by atoms with van der Waals surface area (Å²) in [6.07, 6.45) is 0. The molecule has 0 N–H and O–H groups in total.